The van der Waals surface area contributed by atoms with Crippen molar-refractivity contribution in [3.63, 3.8) is 0 Å². The quantitative estimate of drug-likeness (QED) is 0.196. The fraction of sp³-hybridized carbons (Fsp3) is 0.719. The molecule has 1 aliphatic rings. The van der Waals surface area contributed by atoms with Crippen molar-refractivity contribution in [1.82, 2.24) is 4.90 Å². The highest BCUT2D eigenvalue weighted by molar-refractivity contribution is 5.93. The SMILES string of the molecule is COCCCOc1cc(CC(C[C@H]2[C@@H](OC(=O)OC(C)(C)C)CCC(=O)N2C(=O)OC(C)(C)C)C(C)C)ccc1OC. The average molecular weight is 594 g/mol. The minimum absolute atomic E-state index is 0.0188. The molecule has 1 heterocycles. The van der Waals surface area contributed by atoms with Gasteiger partial charge in [0.05, 0.1) is 19.8 Å². The Kier molecular flexibility index (Phi) is 13.0. The zero-order valence-electron chi connectivity index (χ0n) is 27.1. The molecular weight excluding hydrogens is 542 g/mol. The lowest BCUT2D eigenvalue weighted by atomic mass is 9.81. The normalized spacial score (nSPS) is 18.5. The van der Waals surface area contributed by atoms with Crippen LogP contribution < -0.4 is 9.47 Å². The first-order valence-corrected chi connectivity index (χ1v) is 14.8. The minimum Gasteiger partial charge on any atom is -0.493 e. The van der Waals surface area contributed by atoms with E-state index in [2.05, 4.69) is 13.8 Å². The van der Waals surface area contributed by atoms with Crippen molar-refractivity contribution in [3.05, 3.63) is 23.8 Å². The zero-order chi connectivity index (χ0) is 31.7. The van der Waals surface area contributed by atoms with Crippen LogP contribution in [0.5, 0.6) is 11.5 Å². The molecule has 2 rings (SSSR count). The number of hydrogen-bond acceptors (Lipinski definition) is 9. The highest BCUT2D eigenvalue weighted by Gasteiger charge is 2.45. The molecule has 0 aliphatic carbocycles. The molecular formula is C32H51NO9. The summed E-state index contributed by atoms with van der Waals surface area (Å²) in [7, 11) is 3.25. The van der Waals surface area contributed by atoms with Crippen LogP contribution in [0, 0.1) is 11.8 Å². The molecule has 0 bridgehead atoms. The van der Waals surface area contributed by atoms with Gasteiger partial charge in [0.25, 0.3) is 0 Å². The number of hydrogen-bond donors (Lipinski definition) is 0. The Morgan fingerprint density at radius 3 is 2.21 bits per heavy atom. The number of piperidine rings is 1. The zero-order valence-corrected chi connectivity index (χ0v) is 27.1. The molecule has 0 N–H and O–H groups in total. The Hall–Kier alpha value is -3.01. The van der Waals surface area contributed by atoms with Crippen LogP contribution in [0.2, 0.25) is 0 Å². The van der Waals surface area contributed by atoms with Crippen LogP contribution in [0.3, 0.4) is 0 Å². The monoisotopic (exact) mass is 593 g/mol. The van der Waals surface area contributed by atoms with Gasteiger partial charge >= 0.3 is 12.2 Å². The third kappa shape index (κ3) is 11.3. The lowest BCUT2D eigenvalue weighted by Crippen LogP contribution is -2.57. The summed E-state index contributed by atoms with van der Waals surface area (Å²) < 4.78 is 33.4. The molecule has 10 nitrogen and oxygen atoms in total. The fourth-order valence-corrected chi connectivity index (χ4v) is 4.82. The maximum Gasteiger partial charge on any atom is 0.509 e. The molecule has 2 amide bonds. The summed E-state index contributed by atoms with van der Waals surface area (Å²) in [6, 6.07) is 5.11. The number of amides is 2. The van der Waals surface area contributed by atoms with E-state index in [0.29, 0.717) is 37.6 Å². The second kappa shape index (κ2) is 15.5. The molecule has 0 saturated carbocycles. The predicted octanol–water partition coefficient (Wildman–Crippen LogP) is 6.56. The standard InChI is InChI=1S/C32H51NO9/c1-21(2)23(18-22-12-13-26(38-10)27(19-22)39-17-11-16-37-9)20-24-25(40-30(36)42-32(6,7)8)14-15-28(34)33(24)29(35)41-31(3,4)5/h12-13,19,21,23-25H,11,14-18,20H2,1-10H3/t23?,24-,25-/m0/s1. The van der Waals surface area contributed by atoms with Gasteiger partial charge in [0.15, 0.2) is 11.5 Å². The molecule has 1 aromatic carbocycles. The van der Waals surface area contributed by atoms with Gasteiger partial charge < -0.3 is 28.4 Å². The summed E-state index contributed by atoms with van der Waals surface area (Å²) in [4.78, 5) is 40.4. The second-order valence-electron chi connectivity index (χ2n) is 13.1. The molecule has 3 atom stereocenters. The number of carbonyl (C=O) groups excluding carboxylic acids is 3. The van der Waals surface area contributed by atoms with Gasteiger partial charge in [-0.3, -0.25) is 4.79 Å². The summed E-state index contributed by atoms with van der Waals surface area (Å²) in [5.41, 5.74) is -0.534. The van der Waals surface area contributed by atoms with Crippen molar-refractivity contribution in [2.45, 2.75) is 111 Å². The molecule has 1 aliphatic heterocycles. The van der Waals surface area contributed by atoms with Crippen molar-refractivity contribution in [2.24, 2.45) is 11.8 Å². The van der Waals surface area contributed by atoms with Crippen LogP contribution >= 0.6 is 0 Å². The van der Waals surface area contributed by atoms with Gasteiger partial charge in [0.2, 0.25) is 5.91 Å². The van der Waals surface area contributed by atoms with Gasteiger partial charge in [-0.1, -0.05) is 19.9 Å². The van der Waals surface area contributed by atoms with E-state index in [4.69, 9.17) is 28.4 Å². The molecule has 10 heteroatoms. The summed E-state index contributed by atoms with van der Waals surface area (Å²) >= 11 is 0. The Morgan fingerprint density at radius 1 is 0.976 bits per heavy atom. The van der Waals surface area contributed by atoms with Crippen LogP contribution in [0.4, 0.5) is 9.59 Å². The van der Waals surface area contributed by atoms with E-state index in [1.807, 2.05) is 18.2 Å². The van der Waals surface area contributed by atoms with Crippen molar-refractivity contribution in [2.75, 3.05) is 27.4 Å². The highest BCUT2D eigenvalue weighted by Crippen LogP contribution is 2.35. The summed E-state index contributed by atoms with van der Waals surface area (Å²) in [5, 5.41) is 0. The molecule has 42 heavy (non-hydrogen) atoms. The van der Waals surface area contributed by atoms with E-state index >= 15 is 0 Å². The number of methoxy groups -OCH3 is 2. The maximum absolute atomic E-state index is 13.3. The van der Waals surface area contributed by atoms with E-state index in [1.165, 1.54) is 0 Å². The molecule has 1 aromatic rings. The summed E-state index contributed by atoms with van der Waals surface area (Å²) in [6.07, 6.45) is -0.174. The molecule has 0 spiro atoms. The number of carbonyl (C=O) groups is 3. The van der Waals surface area contributed by atoms with Gasteiger partial charge in [-0.25, -0.2) is 14.5 Å². The van der Waals surface area contributed by atoms with Gasteiger partial charge in [0, 0.05) is 26.6 Å². The van der Waals surface area contributed by atoms with Gasteiger partial charge in [0.1, 0.15) is 17.3 Å². The average Bonchev–Trinajstić information content (AvgIpc) is 2.85. The van der Waals surface area contributed by atoms with E-state index in [0.717, 1.165) is 16.9 Å². The number of rotatable bonds is 12. The largest absolute Gasteiger partial charge is 0.509 e. The first-order valence-electron chi connectivity index (χ1n) is 14.8. The molecule has 0 radical (unpaired) electrons. The van der Waals surface area contributed by atoms with Crippen molar-refractivity contribution in [1.29, 1.82) is 0 Å². The fourth-order valence-electron chi connectivity index (χ4n) is 4.82. The Bertz CT molecular complexity index is 1040. The van der Waals surface area contributed by atoms with Crippen LogP contribution in [0.25, 0.3) is 0 Å². The number of nitrogens with zero attached hydrogens (tertiary/aromatic N) is 1. The van der Waals surface area contributed by atoms with Crippen LogP contribution in [0.15, 0.2) is 18.2 Å². The summed E-state index contributed by atoms with van der Waals surface area (Å²) in [6.45, 7) is 15.8. The van der Waals surface area contributed by atoms with E-state index in [-0.39, 0.29) is 30.6 Å². The number of benzene rings is 1. The first-order chi connectivity index (χ1) is 19.5. The Balaban J connectivity index is 2.38. The van der Waals surface area contributed by atoms with Gasteiger partial charge in [-0.2, -0.15) is 0 Å². The molecule has 0 aromatic heterocycles. The molecule has 1 fully saturated rings. The lowest BCUT2D eigenvalue weighted by molar-refractivity contribution is -0.143. The maximum atomic E-state index is 13.3. The van der Waals surface area contributed by atoms with E-state index < -0.39 is 35.6 Å². The second-order valence-corrected chi connectivity index (χ2v) is 13.1. The molecule has 1 unspecified atom stereocenters. The Morgan fingerprint density at radius 2 is 1.64 bits per heavy atom. The number of ether oxygens (including phenoxy) is 6. The minimum atomic E-state index is -0.831. The van der Waals surface area contributed by atoms with Crippen molar-refractivity contribution < 1.29 is 42.8 Å². The third-order valence-electron chi connectivity index (χ3n) is 6.86. The predicted molar refractivity (Wildman–Crippen MR) is 159 cm³/mol. The molecule has 1 saturated heterocycles. The van der Waals surface area contributed by atoms with E-state index in [1.54, 1.807) is 55.8 Å². The molecule has 238 valence electrons. The van der Waals surface area contributed by atoms with Crippen LogP contribution in [-0.2, 0) is 30.2 Å². The van der Waals surface area contributed by atoms with Crippen molar-refractivity contribution >= 4 is 18.2 Å². The Labute approximate surface area is 251 Å². The van der Waals surface area contributed by atoms with Crippen molar-refractivity contribution in [3.8, 4) is 11.5 Å². The third-order valence-corrected chi connectivity index (χ3v) is 6.86. The van der Waals surface area contributed by atoms with E-state index in [9.17, 15) is 14.4 Å². The van der Waals surface area contributed by atoms with Gasteiger partial charge in [-0.15, -0.1) is 0 Å². The smallest absolute Gasteiger partial charge is 0.493 e. The van der Waals surface area contributed by atoms with Gasteiger partial charge in [-0.05, 0) is 90.3 Å². The number of imide groups is 1. The lowest BCUT2D eigenvalue weighted by Gasteiger charge is -2.41. The number of likely N-dealkylation sites (tertiary alicyclic amines) is 1. The van der Waals surface area contributed by atoms with Crippen LogP contribution in [0.1, 0.15) is 86.6 Å². The summed E-state index contributed by atoms with van der Waals surface area (Å²) in [5.74, 6) is 1.13. The topological polar surface area (TPSA) is 110 Å². The van der Waals surface area contributed by atoms with Crippen LogP contribution in [-0.4, -0.2) is 73.8 Å². The first kappa shape index (κ1) is 35.2. The highest BCUT2D eigenvalue weighted by atomic mass is 16.7.